The molecule has 7 aromatic carbocycles. The van der Waals surface area contributed by atoms with Gasteiger partial charge in [0.2, 0.25) is 0 Å². The normalized spacial score (nSPS) is 13.3. The third-order valence-corrected chi connectivity index (χ3v) is 9.57. The molecular weight excluding hydrogens is 629 g/mol. The Bertz CT molecular complexity index is 3380. The number of furan rings is 2. The van der Waals surface area contributed by atoms with E-state index in [1.54, 1.807) is 0 Å². The molecular formula is C45H26N4O2. The van der Waals surface area contributed by atoms with Crippen LogP contribution in [0.2, 0.25) is 0 Å². The predicted molar refractivity (Wildman–Crippen MR) is 205 cm³/mol. The molecule has 0 aliphatic carbocycles. The molecule has 0 unspecified atom stereocenters. The second kappa shape index (κ2) is 10.7. The second-order valence-corrected chi connectivity index (χ2v) is 12.4. The van der Waals surface area contributed by atoms with Gasteiger partial charge in [0.25, 0.3) is 0 Å². The third-order valence-electron chi connectivity index (χ3n) is 9.57. The van der Waals surface area contributed by atoms with Gasteiger partial charge in [0.15, 0.2) is 17.5 Å². The zero-order chi connectivity index (χ0) is 37.8. The van der Waals surface area contributed by atoms with Gasteiger partial charge in [-0.2, -0.15) is 0 Å². The Labute approximate surface area is 297 Å². The van der Waals surface area contributed by atoms with Crippen LogP contribution >= 0.6 is 0 Å². The van der Waals surface area contributed by atoms with Gasteiger partial charge in [0, 0.05) is 49.6 Å². The van der Waals surface area contributed by atoms with Crippen molar-refractivity contribution in [3.63, 3.8) is 0 Å². The fourth-order valence-corrected chi connectivity index (χ4v) is 7.32. The quantitative estimate of drug-likeness (QED) is 0.188. The van der Waals surface area contributed by atoms with E-state index in [1.165, 1.54) is 0 Å². The summed E-state index contributed by atoms with van der Waals surface area (Å²) in [6.45, 7) is 0. The summed E-state index contributed by atoms with van der Waals surface area (Å²) in [7, 11) is 0. The van der Waals surface area contributed by atoms with Crippen molar-refractivity contribution in [1.82, 2.24) is 19.5 Å². The van der Waals surface area contributed by atoms with Crippen LogP contribution in [0.1, 0.15) is 6.85 Å². The lowest BCUT2D eigenvalue weighted by molar-refractivity contribution is 0.669. The maximum absolute atomic E-state index is 8.80. The molecule has 6 heteroatoms. The van der Waals surface area contributed by atoms with Gasteiger partial charge in [-0.25, -0.2) is 15.0 Å². The number of nitrogens with zero attached hydrogens (tertiary/aromatic N) is 4. The highest BCUT2D eigenvalue weighted by atomic mass is 16.3. The highest BCUT2D eigenvalue weighted by Crippen LogP contribution is 2.40. The molecule has 51 heavy (non-hydrogen) atoms. The summed E-state index contributed by atoms with van der Waals surface area (Å²) in [4.78, 5) is 14.6. The molecule has 11 rings (SSSR count). The molecule has 4 aromatic heterocycles. The highest BCUT2D eigenvalue weighted by Gasteiger charge is 2.21. The monoisotopic (exact) mass is 659 g/mol. The first kappa shape index (κ1) is 23.3. The minimum atomic E-state index is -0.502. The van der Waals surface area contributed by atoms with Crippen LogP contribution in [0.25, 0.3) is 106 Å². The Morgan fingerprint density at radius 3 is 1.65 bits per heavy atom. The van der Waals surface area contributed by atoms with Crippen molar-refractivity contribution in [2.75, 3.05) is 0 Å². The SMILES string of the molecule is [2H]c1c([2H])c([2H])c(-c2nc(-c3cccc4c3oc3ccccc34)nc(-c3cccc4c3oc3cc(-n5c6ccccc6c6ccccc65)ccc34)n2)c([2H])c1[2H]. The summed E-state index contributed by atoms with van der Waals surface area (Å²) >= 11 is 0. The zero-order valence-electron chi connectivity index (χ0n) is 31.7. The van der Waals surface area contributed by atoms with Crippen molar-refractivity contribution in [3.05, 3.63) is 158 Å². The van der Waals surface area contributed by atoms with Gasteiger partial charge < -0.3 is 13.4 Å². The van der Waals surface area contributed by atoms with Crippen LogP contribution in [-0.4, -0.2) is 19.5 Å². The lowest BCUT2D eigenvalue weighted by Crippen LogP contribution is -2.00. The van der Waals surface area contributed by atoms with Crippen molar-refractivity contribution in [2.45, 2.75) is 0 Å². The smallest absolute Gasteiger partial charge is 0.167 e. The minimum absolute atomic E-state index is 0.0723. The Balaban J connectivity index is 1.16. The lowest BCUT2D eigenvalue weighted by atomic mass is 10.1. The first-order valence-electron chi connectivity index (χ1n) is 19.0. The molecule has 0 aliphatic rings. The van der Waals surface area contributed by atoms with Gasteiger partial charge in [-0.15, -0.1) is 0 Å². The molecule has 0 amide bonds. The number of aromatic nitrogens is 4. The standard InChI is InChI=1S/C45H26N4O2/c1-2-12-27(13-3-1)43-46-44(35-19-10-17-33-31-16-6-9-23-39(31)50-41(33)35)48-45(47-43)36-20-11-18-34-32-25-24-28(26-40(32)51-42(34)36)49-37-21-7-4-14-29(37)30-15-5-8-22-38(30)49/h1-26H/i1D,2D,3D,12D,13D. The Hall–Kier alpha value is -7.05. The van der Waals surface area contributed by atoms with Crippen LogP contribution in [0, 0.1) is 0 Å². The lowest BCUT2D eigenvalue weighted by Gasteiger charge is -2.09. The summed E-state index contributed by atoms with van der Waals surface area (Å²) in [5, 5.41) is 5.86. The number of rotatable bonds is 4. The molecule has 0 atom stereocenters. The summed E-state index contributed by atoms with van der Waals surface area (Å²) in [6.07, 6.45) is 0. The van der Waals surface area contributed by atoms with Crippen LogP contribution in [0.4, 0.5) is 0 Å². The van der Waals surface area contributed by atoms with Crippen LogP contribution in [0.5, 0.6) is 0 Å². The number of hydrogen-bond acceptors (Lipinski definition) is 5. The molecule has 0 bridgehead atoms. The maximum atomic E-state index is 8.80. The van der Waals surface area contributed by atoms with Crippen LogP contribution in [0.3, 0.4) is 0 Å². The fourth-order valence-electron chi connectivity index (χ4n) is 7.32. The first-order valence-corrected chi connectivity index (χ1v) is 16.5. The van der Waals surface area contributed by atoms with Crippen molar-refractivity contribution in [2.24, 2.45) is 0 Å². The van der Waals surface area contributed by atoms with E-state index in [0.717, 1.165) is 49.0 Å². The topological polar surface area (TPSA) is 69.9 Å². The summed E-state index contributed by atoms with van der Waals surface area (Å²) in [5.74, 6) is 0.345. The molecule has 4 heterocycles. The Morgan fingerprint density at radius 2 is 0.980 bits per heavy atom. The number of para-hydroxylation sites is 5. The molecule has 0 saturated heterocycles. The Kier molecular flexibility index (Phi) is 4.91. The van der Waals surface area contributed by atoms with E-state index in [-0.39, 0.29) is 23.0 Å². The van der Waals surface area contributed by atoms with Crippen LogP contribution in [0.15, 0.2) is 166 Å². The van der Waals surface area contributed by atoms with Gasteiger partial charge >= 0.3 is 0 Å². The molecule has 0 spiro atoms. The molecule has 0 saturated carbocycles. The molecule has 0 fully saturated rings. The third kappa shape index (κ3) is 4.20. The highest BCUT2D eigenvalue weighted by molar-refractivity contribution is 6.12. The van der Waals surface area contributed by atoms with E-state index in [4.69, 9.17) is 30.6 Å². The van der Waals surface area contributed by atoms with Crippen molar-refractivity contribution >= 4 is 65.7 Å². The molecule has 238 valence electrons. The summed E-state index contributed by atoms with van der Waals surface area (Å²) in [6, 6.07) is 39.7. The molecule has 0 radical (unpaired) electrons. The summed E-state index contributed by atoms with van der Waals surface area (Å²) < 4.78 is 57.9. The average molecular weight is 660 g/mol. The molecule has 6 nitrogen and oxygen atoms in total. The van der Waals surface area contributed by atoms with Crippen LogP contribution < -0.4 is 0 Å². The van der Waals surface area contributed by atoms with Gasteiger partial charge in [0.1, 0.15) is 22.3 Å². The van der Waals surface area contributed by atoms with Crippen molar-refractivity contribution < 1.29 is 15.7 Å². The molecule has 11 aromatic rings. The number of benzene rings is 7. The van der Waals surface area contributed by atoms with Gasteiger partial charge in [-0.3, -0.25) is 0 Å². The van der Waals surface area contributed by atoms with E-state index in [2.05, 4.69) is 53.1 Å². The van der Waals surface area contributed by atoms with Gasteiger partial charge in [-0.1, -0.05) is 109 Å². The predicted octanol–water partition coefficient (Wildman–Crippen LogP) is 11.8. The average Bonchev–Trinajstić information content (AvgIpc) is 3.91. The van der Waals surface area contributed by atoms with Gasteiger partial charge in [-0.05, 0) is 42.5 Å². The maximum Gasteiger partial charge on any atom is 0.167 e. The summed E-state index contributed by atoms with van der Waals surface area (Å²) in [5.41, 5.74) is 6.54. The number of hydrogen-bond donors (Lipinski definition) is 0. The second-order valence-electron chi connectivity index (χ2n) is 12.4. The van der Waals surface area contributed by atoms with E-state index < -0.39 is 30.2 Å². The van der Waals surface area contributed by atoms with E-state index >= 15 is 0 Å². The van der Waals surface area contributed by atoms with E-state index in [0.29, 0.717) is 33.5 Å². The zero-order valence-corrected chi connectivity index (χ0v) is 26.7. The fraction of sp³-hybridized carbons (Fsp3) is 0. The van der Waals surface area contributed by atoms with Crippen molar-refractivity contribution in [1.29, 1.82) is 0 Å². The first-order chi connectivity index (χ1) is 27.4. The van der Waals surface area contributed by atoms with E-state index in [1.807, 2.05) is 78.9 Å². The van der Waals surface area contributed by atoms with Gasteiger partial charge in [0.05, 0.1) is 29.0 Å². The van der Waals surface area contributed by atoms with Crippen molar-refractivity contribution in [3.8, 4) is 39.9 Å². The molecule has 0 aliphatic heterocycles. The number of fused-ring (bicyclic) bond motifs is 9. The Morgan fingerprint density at radius 1 is 0.451 bits per heavy atom. The van der Waals surface area contributed by atoms with Crippen LogP contribution in [-0.2, 0) is 0 Å². The van der Waals surface area contributed by atoms with E-state index in [9.17, 15) is 0 Å². The molecule has 0 N–H and O–H groups in total. The minimum Gasteiger partial charge on any atom is -0.455 e. The largest absolute Gasteiger partial charge is 0.455 e.